The smallest absolute Gasteiger partial charge is 0.0888 e. The van der Waals surface area contributed by atoms with Gasteiger partial charge in [-0.1, -0.05) is 64.1 Å². The van der Waals surface area contributed by atoms with E-state index in [4.69, 9.17) is 9.97 Å². The van der Waals surface area contributed by atoms with Crippen LogP contribution in [0.15, 0.2) is 54.9 Å². The van der Waals surface area contributed by atoms with E-state index in [1.54, 1.807) is 0 Å². The van der Waals surface area contributed by atoms with Gasteiger partial charge in [0.05, 0.1) is 17.4 Å². The molecule has 2 nitrogen and oxygen atoms in total. The highest BCUT2D eigenvalue weighted by atomic mass is 14.8. The van der Waals surface area contributed by atoms with E-state index >= 15 is 0 Å². The average molecular weight is 338 g/mol. The van der Waals surface area contributed by atoms with Crippen molar-refractivity contribution < 1.29 is 0 Å². The number of pyridine rings is 2. The van der Waals surface area contributed by atoms with Crippen LogP contribution in [0.3, 0.4) is 0 Å². The van der Waals surface area contributed by atoms with Crippen molar-refractivity contribution in [3.63, 3.8) is 0 Å². The lowest BCUT2D eigenvalue weighted by atomic mass is 9.69. The summed E-state index contributed by atoms with van der Waals surface area (Å²) in [7, 11) is 0. The monoisotopic (exact) mass is 338 g/mol. The van der Waals surface area contributed by atoms with Gasteiger partial charge in [0.2, 0.25) is 0 Å². The van der Waals surface area contributed by atoms with E-state index in [2.05, 4.69) is 70.2 Å². The fourth-order valence-corrected chi connectivity index (χ4v) is 4.46. The SMILES string of the molecule is CC(C)c1cnc2cnc3c(c2c1)C(C)(C)c1cccc2cccc-3c12. The molecule has 1 aliphatic rings. The maximum Gasteiger partial charge on any atom is 0.0888 e. The summed E-state index contributed by atoms with van der Waals surface area (Å²) in [6.07, 6.45) is 3.92. The van der Waals surface area contributed by atoms with E-state index in [9.17, 15) is 0 Å². The molecule has 0 bridgehead atoms. The second-order valence-corrected chi connectivity index (χ2v) is 8.17. The molecule has 5 rings (SSSR count). The molecule has 0 radical (unpaired) electrons. The van der Waals surface area contributed by atoms with E-state index in [1.807, 2.05) is 12.4 Å². The van der Waals surface area contributed by atoms with Gasteiger partial charge >= 0.3 is 0 Å². The van der Waals surface area contributed by atoms with Crippen molar-refractivity contribution in [2.24, 2.45) is 0 Å². The van der Waals surface area contributed by atoms with E-state index in [0.29, 0.717) is 5.92 Å². The molecule has 0 unspecified atom stereocenters. The van der Waals surface area contributed by atoms with Crippen LogP contribution >= 0.6 is 0 Å². The summed E-state index contributed by atoms with van der Waals surface area (Å²) >= 11 is 0. The highest BCUT2D eigenvalue weighted by molar-refractivity contribution is 6.05. The Morgan fingerprint density at radius 1 is 0.923 bits per heavy atom. The minimum absolute atomic E-state index is 0.118. The first-order valence-corrected chi connectivity index (χ1v) is 9.30. The van der Waals surface area contributed by atoms with Crippen LogP contribution in [0, 0.1) is 0 Å². The van der Waals surface area contributed by atoms with Crippen molar-refractivity contribution in [1.82, 2.24) is 9.97 Å². The topological polar surface area (TPSA) is 25.8 Å². The quantitative estimate of drug-likeness (QED) is 0.412. The van der Waals surface area contributed by atoms with Gasteiger partial charge in [-0.3, -0.25) is 9.97 Å². The zero-order valence-electron chi connectivity index (χ0n) is 15.7. The lowest BCUT2D eigenvalue weighted by Gasteiger charge is -2.35. The van der Waals surface area contributed by atoms with Gasteiger partial charge in [0.25, 0.3) is 0 Å². The van der Waals surface area contributed by atoms with Gasteiger partial charge < -0.3 is 0 Å². The normalized spacial score (nSPS) is 14.8. The van der Waals surface area contributed by atoms with Crippen molar-refractivity contribution in [3.8, 4) is 11.3 Å². The first-order valence-electron chi connectivity index (χ1n) is 9.30. The van der Waals surface area contributed by atoms with Crippen LogP contribution in [0.1, 0.15) is 50.3 Å². The minimum atomic E-state index is -0.118. The van der Waals surface area contributed by atoms with Crippen LogP contribution in [-0.2, 0) is 5.41 Å². The molecule has 2 heterocycles. The first kappa shape index (κ1) is 15.5. The Kier molecular flexibility index (Phi) is 3.06. The van der Waals surface area contributed by atoms with Gasteiger partial charge in [-0.25, -0.2) is 0 Å². The predicted molar refractivity (Wildman–Crippen MR) is 109 cm³/mol. The number of aromatic nitrogens is 2. The second-order valence-electron chi connectivity index (χ2n) is 8.17. The van der Waals surface area contributed by atoms with Crippen LogP contribution in [-0.4, -0.2) is 9.97 Å². The summed E-state index contributed by atoms with van der Waals surface area (Å²) in [6, 6.07) is 15.5. The second kappa shape index (κ2) is 5.14. The van der Waals surface area contributed by atoms with Gasteiger partial charge in [0.15, 0.2) is 0 Å². The molecule has 4 aromatic rings. The van der Waals surface area contributed by atoms with Gasteiger partial charge in [-0.05, 0) is 39.4 Å². The summed E-state index contributed by atoms with van der Waals surface area (Å²) in [5.41, 5.74) is 7.16. The Bertz CT molecular complexity index is 1180. The summed E-state index contributed by atoms with van der Waals surface area (Å²) in [6.45, 7) is 9.08. The predicted octanol–water partition coefficient (Wildman–Crippen LogP) is 6.21. The summed E-state index contributed by atoms with van der Waals surface area (Å²) in [5, 5.41) is 3.86. The first-order chi connectivity index (χ1) is 12.5. The molecular weight excluding hydrogens is 316 g/mol. The van der Waals surface area contributed by atoms with Gasteiger partial charge in [-0.15, -0.1) is 0 Å². The molecule has 0 saturated carbocycles. The summed E-state index contributed by atoms with van der Waals surface area (Å²) in [4.78, 5) is 9.60. The van der Waals surface area contributed by atoms with Crippen LogP contribution < -0.4 is 0 Å². The molecule has 0 atom stereocenters. The molecule has 2 aromatic carbocycles. The highest BCUT2D eigenvalue weighted by Crippen LogP contribution is 2.49. The molecule has 0 saturated heterocycles. The van der Waals surface area contributed by atoms with Crippen molar-refractivity contribution in [3.05, 3.63) is 71.5 Å². The van der Waals surface area contributed by atoms with E-state index in [1.165, 1.54) is 38.4 Å². The average Bonchev–Trinajstić information content (AvgIpc) is 2.64. The number of hydrogen-bond acceptors (Lipinski definition) is 2. The molecule has 0 N–H and O–H groups in total. The third-order valence-corrected chi connectivity index (χ3v) is 5.89. The van der Waals surface area contributed by atoms with Crippen molar-refractivity contribution in [1.29, 1.82) is 0 Å². The minimum Gasteiger partial charge on any atom is -0.254 e. The lowest BCUT2D eigenvalue weighted by molar-refractivity contribution is 0.648. The standard InChI is InChI=1S/C24H22N2/c1-14(2)16-11-18-20(25-12-16)13-26-23-17-9-5-7-15-8-6-10-19(21(15)17)24(3,4)22(18)23/h5-14H,1-4H3. The number of benzene rings is 2. The third kappa shape index (κ3) is 1.93. The molecule has 0 amide bonds. The van der Waals surface area contributed by atoms with Gasteiger partial charge in [0, 0.05) is 22.6 Å². The van der Waals surface area contributed by atoms with E-state index in [-0.39, 0.29) is 5.41 Å². The van der Waals surface area contributed by atoms with Gasteiger partial charge in [-0.2, -0.15) is 0 Å². The Hall–Kier alpha value is -2.74. The fraction of sp³-hybridized carbons (Fsp3) is 0.250. The van der Waals surface area contributed by atoms with E-state index in [0.717, 1.165) is 11.2 Å². The zero-order chi connectivity index (χ0) is 18.1. The van der Waals surface area contributed by atoms with Crippen molar-refractivity contribution >= 4 is 21.7 Å². The summed E-state index contributed by atoms with van der Waals surface area (Å²) in [5.74, 6) is 0.457. The van der Waals surface area contributed by atoms with Crippen LogP contribution in [0.5, 0.6) is 0 Å². The Balaban J connectivity index is 1.98. The molecule has 0 spiro atoms. The molecule has 2 aromatic heterocycles. The largest absolute Gasteiger partial charge is 0.254 e. The third-order valence-electron chi connectivity index (χ3n) is 5.89. The molecule has 0 fully saturated rings. The Labute approximate surface area is 153 Å². The molecule has 26 heavy (non-hydrogen) atoms. The Morgan fingerprint density at radius 2 is 1.69 bits per heavy atom. The number of rotatable bonds is 1. The van der Waals surface area contributed by atoms with Gasteiger partial charge in [0.1, 0.15) is 0 Å². The van der Waals surface area contributed by atoms with Crippen LogP contribution in [0.2, 0.25) is 0 Å². The van der Waals surface area contributed by atoms with Crippen molar-refractivity contribution in [2.75, 3.05) is 0 Å². The maximum absolute atomic E-state index is 4.88. The highest BCUT2D eigenvalue weighted by Gasteiger charge is 2.35. The lowest BCUT2D eigenvalue weighted by Crippen LogP contribution is -2.25. The molecule has 128 valence electrons. The van der Waals surface area contributed by atoms with Crippen molar-refractivity contribution in [2.45, 2.75) is 39.0 Å². The van der Waals surface area contributed by atoms with E-state index < -0.39 is 0 Å². The zero-order valence-corrected chi connectivity index (χ0v) is 15.7. The molecule has 0 aliphatic heterocycles. The fourth-order valence-electron chi connectivity index (χ4n) is 4.46. The molecular formula is C24H22N2. The molecule has 2 heteroatoms. The number of fused-ring (bicyclic) bond motifs is 4. The number of hydrogen-bond donors (Lipinski definition) is 0. The number of nitrogens with zero attached hydrogens (tertiary/aromatic N) is 2. The van der Waals surface area contributed by atoms with Crippen LogP contribution in [0.4, 0.5) is 0 Å². The Morgan fingerprint density at radius 3 is 2.46 bits per heavy atom. The molecule has 1 aliphatic carbocycles. The van der Waals surface area contributed by atoms with Crippen LogP contribution in [0.25, 0.3) is 32.9 Å². The summed E-state index contributed by atoms with van der Waals surface area (Å²) < 4.78 is 0. The maximum atomic E-state index is 4.88.